The summed E-state index contributed by atoms with van der Waals surface area (Å²) in [5.74, 6) is -0.259. The van der Waals surface area contributed by atoms with E-state index in [2.05, 4.69) is 20.3 Å². The number of carbonyl (C=O) groups is 1. The Morgan fingerprint density at radius 3 is 2.65 bits per heavy atom. The minimum atomic E-state index is -0.327. The third kappa shape index (κ3) is 4.11. The smallest absolute Gasteiger partial charge is 0.294 e. The molecule has 4 aromatic rings. The van der Waals surface area contributed by atoms with E-state index in [-0.39, 0.29) is 18.0 Å². The van der Waals surface area contributed by atoms with Crippen LogP contribution in [0.25, 0.3) is 20.8 Å². The molecule has 4 heterocycles. The van der Waals surface area contributed by atoms with E-state index in [1.807, 2.05) is 47.8 Å². The number of amides is 1. The summed E-state index contributed by atoms with van der Waals surface area (Å²) in [4.78, 5) is 33.5. The second-order valence-corrected chi connectivity index (χ2v) is 9.34. The number of hydrogen-bond donors (Lipinski definition) is 1. The Morgan fingerprint density at radius 2 is 1.90 bits per heavy atom. The zero-order valence-corrected chi connectivity index (χ0v) is 18.4. The molecule has 1 N–H and O–H groups in total. The topological polar surface area (TPSA) is 80.1 Å². The van der Waals surface area contributed by atoms with Crippen molar-refractivity contribution in [3.8, 4) is 10.6 Å². The predicted octanol–water partition coefficient (Wildman–Crippen LogP) is 3.50. The van der Waals surface area contributed by atoms with Gasteiger partial charge < -0.3 is 10.2 Å². The molecular weight excluding hydrogens is 430 g/mol. The Morgan fingerprint density at radius 1 is 1.10 bits per heavy atom. The Bertz CT molecular complexity index is 1260. The van der Waals surface area contributed by atoms with Crippen LogP contribution in [-0.2, 0) is 17.9 Å². The van der Waals surface area contributed by atoms with Gasteiger partial charge in [0.1, 0.15) is 12.2 Å². The monoisotopic (exact) mass is 451 g/mol. The van der Waals surface area contributed by atoms with Crippen molar-refractivity contribution < 1.29 is 4.79 Å². The molecule has 1 fully saturated rings. The lowest BCUT2D eigenvalue weighted by atomic mass is 10.2. The molecule has 158 valence electrons. The van der Waals surface area contributed by atoms with Crippen LogP contribution in [0.15, 0.2) is 52.6 Å². The highest BCUT2D eigenvalue weighted by atomic mass is 32.1. The summed E-state index contributed by atoms with van der Waals surface area (Å²) in [6.07, 6.45) is 2.27. The zero-order valence-electron chi connectivity index (χ0n) is 16.8. The number of thiazole rings is 1. The predicted molar refractivity (Wildman–Crippen MR) is 125 cm³/mol. The number of nitrogens with zero attached hydrogens (tertiary/aromatic N) is 4. The van der Waals surface area contributed by atoms with Crippen LogP contribution in [0.3, 0.4) is 0 Å². The highest BCUT2D eigenvalue weighted by Crippen LogP contribution is 2.36. The summed E-state index contributed by atoms with van der Waals surface area (Å²) in [6, 6.07) is 13.6. The normalized spacial score (nSPS) is 13.7. The van der Waals surface area contributed by atoms with Crippen LogP contribution in [0.1, 0.15) is 18.4 Å². The fourth-order valence-corrected chi connectivity index (χ4v) is 5.55. The Labute approximate surface area is 187 Å². The number of rotatable bonds is 6. The lowest BCUT2D eigenvalue weighted by molar-refractivity contribution is -0.122. The SMILES string of the molecule is O=C(Cn1nc(-c2cccs2)c2sc(N3CCCC3)nc2c1=O)NCc1ccccc1. The van der Waals surface area contributed by atoms with E-state index in [4.69, 9.17) is 0 Å². The van der Waals surface area contributed by atoms with E-state index in [0.29, 0.717) is 17.8 Å². The lowest BCUT2D eigenvalue weighted by Crippen LogP contribution is -2.33. The molecule has 1 aromatic carbocycles. The molecule has 1 saturated heterocycles. The van der Waals surface area contributed by atoms with Crippen molar-refractivity contribution in [2.75, 3.05) is 18.0 Å². The van der Waals surface area contributed by atoms with Gasteiger partial charge in [-0.15, -0.1) is 11.3 Å². The molecule has 9 heteroatoms. The molecule has 0 bridgehead atoms. The third-order valence-electron chi connectivity index (χ3n) is 5.25. The lowest BCUT2D eigenvalue weighted by Gasteiger charge is -2.11. The minimum Gasteiger partial charge on any atom is -0.350 e. The van der Waals surface area contributed by atoms with Crippen molar-refractivity contribution in [2.24, 2.45) is 0 Å². The van der Waals surface area contributed by atoms with Crippen LogP contribution in [0.5, 0.6) is 0 Å². The zero-order chi connectivity index (χ0) is 21.2. The molecule has 1 aliphatic heterocycles. The number of hydrogen-bond acceptors (Lipinski definition) is 7. The van der Waals surface area contributed by atoms with Crippen LogP contribution in [0, 0.1) is 0 Å². The quantitative estimate of drug-likeness (QED) is 0.485. The number of aromatic nitrogens is 3. The van der Waals surface area contributed by atoms with E-state index < -0.39 is 0 Å². The van der Waals surface area contributed by atoms with E-state index >= 15 is 0 Å². The molecule has 1 aliphatic rings. The summed E-state index contributed by atoms with van der Waals surface area (Å²) < 4.78 is 2.03. The molecule has 0 aliphatic carbocycles. The van der Waals surface area contributed by atoms with Gasteiger partial charge in [-0.1, -0.05) is 47.7 Å². The van der Waals surface area contributed by atoms with E-state index in [1.165, 1.54) is 16.0 Å². The van der Waals surface area contributed by atoms with Crippen LogP contribution in [-0.4, -0.2) is 33.8 Å². The summed E-state index contributed by atoms with van der Waals surface area (Å²) in [7, 11) is 0. The number of fused-ring (bicyclic) bond motifs is 1. The molecule has 1 amide bonds. The van der Waals surface area contributed by atoms with Crippen LogP contribution < -0.4 is 15.8 Å². The van der Waals surface area contributed by atoms with Crippen LogP contribution in [0.2, 0.25) is 0 Å². The van der Waals surface area contributed by atoms with Gasteiger partial charge in [0.2, 0.25) is 5.91 Å². The van der Waals surface area contributed by atoms with E-state index in [0.717, 1.165) is 46.2 Å². The van der Waals surface area contributed by atoms with Crippen LogP contribution >= 0.6 is 22.7 Å². The average molecular weight is 452 g/mol. The average Bonchev–Trinajstić information content (AvgIpc) is 3.56. The first-order chi connectivity index (χ1) is 15.2. The fourth-order valence-electron chi connectivity index (χ4n) is 3.66. The van der Waals surface area contributed by atoms with Crippen molar-refractivity contribution in [2.45, 2.75) is 25.9 Å². The van der Waals surface area contributed by atoms with Crippen molar-refractivity contribution in [1.82, 2.24) is 20.1 Å². The van der Waals surface area contributed by atoms with Gasteiger partial charge in [0.05, 0.1) is 9.58 Å². The molecule has 0 saturated carbocycles. The first-order valence-corrected chi connectivity index (χ1v) is 11.9. The largest absolute Gasteiger partial charge is 0.350 e. The van der Waals surface area contributed by atoms with Gasteiger partial charge in [-0.2, -0.15) is 5.10 Å². The molecule has 5 rings (SSSR count). The summed E-state index contributed by atoms with van der Waals surface area (Å²) in [5, 5.41) is 10.3. The van der Waals surface area contributed by atoms with Crippen molar-refractivity contribution in [1.29, 1.82) is 0 Å². The minimum absolute atomic E-state index is 0.142. The first kappa shape index (κ1) is 19.9. The molecule has 0 spiro atoms. The van der Waals surface area contributed by atoms with Crippen molar-refractivity contribution in [3.63, 3.8) is 0 Å². The highest BCUT2D eigenvalue weighted by Gasteiger charge is 2.22. The van der Waals surface area contributed by atoms with Gasteiger partial charge in [-0.25, -0.2) is 9.67 Å². The van der Waals surface area contributed by atoms with Crippen molar-refractivity contribution >= 4 is 43.9 Å². The third-order valence-corrected chi connectivity index (χ3v) is 7.25. The maximum absolute atomic E-state index is 13.1. The van der Waals surface area contributed by atoms with E-state index in [9.17, 15) is 9.59 Å². The maximum Gasteiger partial charge on any atom is 0.294 e. The molecular formula is C22H21N5O2S2. The Balaban J connectivity index is 1.48. The van der Waals surface area contributed by atoms with Crippen LogP contribution in [0.4, 0.5) is 5.13 Å². The molecule has 31 heavy (non-hydrogen) atoms. The number of nitrogens with one attached hydrogen (secondary N) is 1. The molecule has 0 unspecified atom stereocenters. The second-order valence-electron chi connectivity index (χ2n) is 7.42. The Kier molecular flexibility index (Phi) is 5.52. The standard InChI is InChI=1S/C22H21N5O2S2/c28-17(23-13-15-7-2-1-3-8-15)14-27-21(29)19-20(18(25-27)16-9-6-12-30-16)31-22(24-19)26-10-4-5-11-26/h1-3,6-9,12H,4-5,10-11,13-14H2,(H,23,28). The number of carbonyl (C=O) groups excluding carboxylic acids is 1. The summed E-state index contributed by atoms with van der Waals surface area (Å²) >= 11 is 3.07. The second kappa shape index (κ2) is 8.60. The van der Waals surface area contributed by atoms with E-state index in [1.54, 1.807) is 11.3 Å². The highest BCUT2D eigenvalue weighted by molar-refractivity contribution is 7.23. The molecule has 3 aromatic heterocycles. The summed E-state index contributed by atoms with van der Waals surface area (Å²) in [6.45, 7) is 2.18. The first-order valence-electron chi connectivity index (χ1n) is 10.2. The van der Waals surface area contributed by atoms with Gasteiger partial charge in [-0.05, 0) is 29.9 Å². The summed E-state index contributed by atoms with van der Waals surface area (Å²) in [5.41, 5.74) is 1.78. The number of benzene rings is 1. The fraction of sp³-hybridized carbons (Fsp3) is 0.273. The van der Waals surface area contributed by atoms with Gasteiger partial charge in [0.15, 0.2) is 10.6 Å². The van der Waals surface area contributed by atoms with Gasteiger partial charge in [0, 0.05) is 19.6 Å². The number of thiophene rings is 1. The molecule has 0 radical (unpaired) electrons. The molecule has 7 nitrogen and oxygen atoms in total. The maximum atomic E-state index is 13.1. The van der Waals surface area contributed by atoms with Gasteiger partial charge >= 0.3 is 0 Å². The van der Waals surface area contributed by atoms with Crippen molar-refractivity contribution in [3.05, 3.63) is 63.8 Å². The number of anilines is 1. The van der Waals surface area contributed by atoms with Gasteiger partial charge in [-0.3, -0.25) is 9.59 Å². The van der Waals surface area contributed by atoms with Gasteiger partial charge in [0.25, 0.3) is 5.56 Å². The Hall–Kier alpha value is -3.04. The molecule has 0 atom stereocenters.